The maximum atomic E-state index is 12.9. The number of carbonyl (C=O) groups excluding carboxylic acids is 4. The van der Waals surface area contributed by atoms with E-state index in [-0.39, 0.29) is 28.8 Å². The number of hydrogen-bond acceptors (Lipinski definition) is 5. The van der Waals surface area contributed by atoms with Gasteiger partial charge in [-0.05, 0) is 48.0 Å². The molecule has 0 saturated carbocycles. The summed E-state index contributed by atoms with van der Waals surface area (Å²) >= 11 is 6.13. The van der Waals surface area contributed by atoms with Crippen molar-refractivity contribution in [1.82, 2.24) is 5.32 Å². The number of para-hydroxylation sites is 2. The maximum Gasteiger partial charge on any atom is 0.335 e. The van der Waals surface area contributed by atoms with E-state index in [1.807, 2.05) is 18.2 Å². The molecule has 1 saturated heterocycles. The molecule has 0 aromatic heterocycles. The lowest BCUT2D eigenvalue weighted by molar-refractivity contribution is -0.122. The normalized spacial score (nSPS) is 14.7. The number of rotatable bonds is 6. The van der Waals surface area contributed by atoms with E-state index >= 15 is 0 Å². The lowest BCUT2D eigenvalue weighted by Crippen LogP contribution is -2.54. The monoisotopic (exact) mass is 475 g/mol. The number of anilines is 2. The number of amides is 5. The van der Waals surface area contributed by atoms with Crippen molar-refractivity contribution in [2.75, 3.05) is 16.8 Å². The minimum absolute atomic E-state index is 0.169. The Hall–Kier alpha value is -4.43. The quantitative estimate of drug-likeness (QED) is 0.414. The largest absolute Gasteiger partial charge is 0.484 e. The predicted octanol–water partition coefficient (Wildman–Crippen LogP) is 4.02. The molecular weight excluding hydrogens is 458 g/mol. The second kappa shape index (κ2) is 10.0. The summed E-state index contributed by atoms with van der Waals surface area (Å²) in [7, 11) is 0. The summed E-state index contributed by atoms with van der Waals surface area (Å²) in [5.41, 5.74) is 1.13. The van der Waals surface area contributed by atoms with Gasteiger partial charge in [0.1, 0.15) is 11.3 Å². The van der Waals surface area contributed by atoms with Gasteiger partial charge in [-0.25, -0.2) is 9.69 Å². The predicted molar refractivity (Wildman–Crippen MR) is 127 cm³/mol. The van der Waals surface area contributed by atoms with E-state index in [1.54, 1.807) is 48.5 Å². The van der Waals surface area contributed by atoms with Crippen LogP contribution < -0.4 is 20.3 Å². The molecule has 5 amide bonds. The lowest BCUT2D eigenvalue weighted by Gasteiger charge is -2.27. The van der Waals surface area contributed by atoms with Crippen molar-refractivity contribution in [2.45, 2.75) is 0 Å². The molecule has 3 aromatic rings. The first kappa shape index (κ1) is 22.8. The molecule has 0 radical (unpaired) electrons. The van der Waals surface area contributed by atoms with Gasteiger partial charge in [-0.1, -0.05) is 54.1 Å². The maximum absolute atomic E-state index is 12.9. The second-order valence-corrected chi connectivity index (χ2v) is 7.59. The Morgan fingerprint density at radius 1 is 0.941 bits per heavy atom. The highest BCUT2D eigenvalue weighted by atomic mass is 35.5. The molecule has 1 heterocycles. The molecule has 0 aliphatic carbocycles. The smallest absolute Gasteiger partial charge is 0.335 e. The van der Waals surface area contributed by atoms with Crippen molar-refractivity contribution in [3.05, 3.63) is 95.0 Å². The molecule has 0 unspecified atom stereocenters. The van der Waals surface area contributed by atoms with Crippen molar-refractivity contribution < 1.29 is 23.9 Å². The summed E-state index contributed by atoms with van der Waals surface area (Å²) in [4.78, 5) is 50.4. The van der Waals surface area contributed by atoms with Crippen LogP contribution in [0.3, 0.4) is 0 Å². The third-order valence-corrected chi connectivity index (χ3v) is 5.13. The minimum atomic E-state index is -0.877. The van der Waals surface area contributed by atoms with Gasteiger partial charge < -0.3 is 10.1 Å². The number of imide groups is 2. The van der Waals surface area contributed by atoms with Crippen LogP contribution in [0.1, 0.15) is 5.56 Å². The average Bonchev–Trinajstić information content (AvgIpc) is 2.83. The SMILES string of the molecule is O=C(COc1ccc(/C=C2\C(=O)NC(=O)N(c3ccccc3Cl)C2=O)cc1)Nc1ccccc1. The molecule has 0 spiro atoms. The highest BCUT2D eigenvalue weighted by molar-refractivity contribution is 6.42. The molecule has 3 aromatic carbocycles. The van der Waals surface area contributed by atoms with Crippen LogP contribution in [0, 0.1) is 0 Å². The molecule has 0 atom stereocenters. The van der Waals surface area contributed by atoms with E-state index in [2.05, 4.69) is 10.6 Å². The van der Waals surface area contributed by atoms with E-state index in [1.165, 1.54) is 18.2 Å². The first-order chi connectivity index (χ1) is 16.4. The van der Waals surface area contributed by atoms with Crippen molar-refractivity contribution in [3.63, 3.8) is 0 Å². The van der Waals surface area contributed by atoms with E-state index in [0.29, 0.717) is 17.0 Å². The summed E-state index contributed by atoms with van der Waals surface area (Å²) in [5, 5.41) is 5.06. The van der Waals surface area contributed by atoms with Crippen molar-refractivity contribution in [2.24, 2.45) is 0 Å². The van der Waals surface area contributed by atoms with E-state index in [0.717, 1.165) is 4.90 Å². The van der Waals surface area contributed by atoms with E-state index < -0.39 is 17.8 Å². The number of nitrogens with one attached hydrogen (secondary N) is 2. The highest BCUT2D eigenvalue weighted by Crippen LogP contribution is 2.29. The number of benzene rings is 3. The van der Waals surface area contributed by atoms with Crippen LogP contribution in [0.15, 0.2) is 84.4 Å². The molecule has 0 bridgehead atoms. The number of urea groups is 1. The van der Waals surface area contributed by atoms with E-state index in [4.69, 9.17) is 16.3 Å². The first-order valence-corrected chi connectivity index (χ1v) is 10.5. The Bertz CT molecular complexity index is 1290. The summed E-state index contributed by atoms with van der Waals surface area (Å²) < 4.78 is 5.48. The molecule has 9 heteroatoms. The first-order valence-electron chi connectivity index (χ1n) is 10.2. The third kappa shape index (κ3) is 5.13. The van der Waals surface area contributed by atoms with Crippen LogP contribution in [0.2, 0.25) is 5.02 Å². The number of barbiturate groups is 1. The van der Waals surface area contributed by atoms with Gasteiger partial charge in [0, 0.05) is 5.69 Å². The summed E-state index contributed by atoms with van der Waals surface area (Å²) in [5.74, 6) is -1.49. The Balaban J connectivity index is 1.45. The number of halogens is 1. The summed E-state index contributed by atoms with van der Waals surface area (Å²) in [6.07, 6.45) is 1.36. The number of nitrogens with zero attached hydrogens (tertiary/aromatic N) is 1. The molecule has 1 aliphatic rings. The Labute approximate surface area is 199 Å². The fourth-order valence-corrected chi connectivity index (χ4v) is 3.42. The lowest BCUT2D eigenvalue weighted by atomic mass is 10.1. The van der Waals surface area contributed by atoms with Gasteiger partial charge in [0.25, 0.3) is 17.7 Å². The number of carbonyl (C=O) groups is 4. The highest BCUT2D eigenvalue weighted by Gasteiger charge is 2.37. The minimum Gasteiger partial charge on any atom is -0.484 e. The molecule has 8 nitrogen and oxygen atoms in total. The fraction of sp³-hybridized carbons (Fsp3) is 0.0400. The summed E-state index contributed by atoms with van der Waals surface area (Å²) in [6.45, 7) is -0.189. The molecule has 2 N–H and O–H groups in total. The van der Waals surface area contributed by atoms with Gasteiger partial charge in [0.2, 0.25) is 0 Å². The van der Waals surface area contributed by atoms with Crippen LogP contribution in [0.5, 0.6) is 5.75 Å². The van der Waals surface area contributed by atoms with Gasteiger partial charge >= 0.3 is 6.03 Å². The Morgan fingerprint density at radius 3 is 2.32 bits per heavy atom. The molecule has 1 fully saturated rings. The fourth-order valence-electron chi connectivity index (χ4n) is 3.20. The van der Waals surface area contributed by atoms with Gasteiger partial charge in [0.05, 0.1) is 10.7 Å². The molecule has 1 aliphatic heterocycles. The van der Waals surface area contributed by atoms with Gasteiger partial charge in [0.15, 0.2) is 6.61 Å². The van der Waals surface area contributed by atoms with Crippen molar-refractivity contribution >= 4 is 52.8 Å². The van der Waals surface area contributed by atoms with Gasteiger partial charge in [-0.15, -0.1) is 0 Å². The summed E-state index contributed by atoms with van der Waals surface area (Å²) in [6, 6.07) is 20.9. The van der Waals surface area contributed by atoms with Crippen LogP contribution in [-0.2, 0) is 14.4 Å². The van der Waals surface area contributed by atoms with Gasteiger partial charge in [-0.3, -0.25) is 19.7 Å². The molecular formula is C25H18ClN3O5. The zero-order valence-electron chi connectivity index (χ0n) is 17.7. The zero-order chi connectivity index (χ0) is 24.1. The van der Waals surface area contributed by atoms with Crippen LogP contribution in [0.25, 0.3) is 6.08 Å². The third-order valence-electron chi connectivity index (χ3n) is 4.81. The number of hydrogen-bond donors (Lipinski definition) is 2. The van der Waals surface area contributed by atoms with Crippen LogP contribution in [-0.4, -0.2) is 30.4 Å². The average molecular weight is 476 g/mol. The molecule has 34 heavy (non-hydrogen) atoms. The Morgan fingerprint density at radius 2 is 1.62 bits per heavy atom. The van der Waals surface area contributed by atoms with Crippen molar-refractivity contribution in [1.29, 1.82) is 0 Å². The zero-order valence-corrected chi connectivity index (χ0v) is 18.4. The molecule has 170 valence electrons. The standard InChI is InChI=1S/C25H18ClN3O5/c26-20-8-4-5-9-21(20)29-24(32)19(23(31)28-25(29)33)14-16-10-12-18(13-11-16)34-15-22(30)27-17-6-2-1-3-7-17/h1-14H,15H2,(H,27,30)(H,28,31,33)/b19-14+. The second-order valence-electron chi connectivity index (χ2n) is 7.18. The van der Waals surface area contributed by atoms with Crippen molar-refractivity contribution in [3.8, 4) is 5.75 Å². The Kier molecular flexibility index (Phi) is 6.70. The molecule has 4 rings (SSSR count). The topological polar surface area (TPSA) is 105 Å². The number of ether oxygens (including phenoxy) is 1. The van der Waals surface area contributed by atoms with Crippen LogP contribution >= 0.6 is 11.6 Å². The van der Waals surface area contributed by atoms with Gasteiger partial charge in [-0.2, -0.15) is 0 Å². The van der Waals surface area contributed by atoms with Crippen LogP contribution in [0.4, 0.5) is 16.2 Å². The van der Waals surface area contributed by atoms with E-state index in [9.17, 15) is 19.2 Å².